The van der Waals surface area contributed by atoms with Crippen molar-refractivity contribution < 1.29 is 5.11 Å². The lowest BCUT2D eigenvalue weighted by Gasteiger charge is -2.10. The van der Waals surface area contributed by atoms with E-state index < -0.39 is 6.10 Å². The van der Waals surface area contributed by atoms with Gasteiger partial charge < -0.3 is 5.11 Å². The molecule has 0 aliphatic heterocycles. The molecule has 0 bridgehead atoms. The molecule has 0 saturated heterocycles. The molecule has 1 unspecified atom stereocenters. The standard InChI is InChI=1S/C12H9Cl3OS/c13-8-2-1-7(9(14)6-8)5-10(16)11-3-4-12(15)17-11/h1-4,6,10,16H,5H2. The van der Waals surface area contributed by atoms with Crippen molar-refractivity contribution in [1.82, 2.24) is 0 Å². The van der Waals surface area contributed by atoms with Crippen LogP contribution < -0.4 is 0 Å². The second-order valence-electron chi connectivity index (χ2n) is 3.60. The lowest BCUT2D eigenvalue weighted by atomic mass is 10.1. The van der Waals surface area contributed by atoms with Crippen molar-refractivity contribution in [2.45, 2.75) is 12.5 Å². The van der Waals surface area contributed by atoms with Gasteiger partial charge in [0, 0.05) is 21.3 Å². The molecule has 1 atom stereocenters. The number of benzene rings is 1. The molecule has 2 aromatic rings. The first-order valence-electron chi connectivity index (χ1n) is 4.93. The van der Waals surface area contributed by atoms with E-state index in [1.807, 2.05) is 12.1 Å². The highest BCUT2D eigenvalue weighted by Crippen LogP contribution is 2.31. The van der Waals surface area contributed by atoms with Crippen LogP contribution in [0.3, 0.4) is 0 Å². The van der Waals surface area contributed by atoms with Crippen LogP contribution in [0, 0.1) is 0 Å². The zero-order valence-electron chi connectivity index (χ0n) is 8.66. The quantitative estimate of drug-likeness (QED) is 0.847. The van der Waals surface area contributed by atoms with Crippen LogP contribution in [0.15, 0.2) is 30.3 Å². The van der Waals surface area contributed by atoms with Crippen LogP contribution in [-0.4, -0.2) is 5.11 Å². The highest BCUT2D eigenvalue weighted by Gasteiger charge is 2.13. The molecular formula is C12H9Cl3OS. The molecule has 0 aliphatic carbocycles. The summed E-state index contributed by atoms with van der Waals surface area (Å²) in [4.78, 5) is 0.834. The molecule has 0 radical (unpaired) electrons. The average molecular weight is 308 g/mol. The third-order valence-corrected chi connectivity index (χ3v) is 4.27. The zero-order valence-corrected chi connectivity index (χ0v) is 11.7. The molecule has 5 heteroatoms. The summed E-state index contributed by atoms with van der Waals surface area (Å²) in [7, 11) is 0. The number of hydrogen-bond acceptors (Lipinski definition) is 2. The molecule has 0 amide bonds. The summed E-state index contributed by atoms with van der Waals surface area (Å²) in [6.07, 6.45) is -0.140. The van der Waals surface area contributed by atoms with E-state index in [-0.39, 0.29) is 0 Å². The predicted molar refractivity (Wildman–Crippen MR) is 74.5 cm³/mol. The number of halogens is 3. The van der Waals surface area contributed by atoms with E-state index in [4.69, 9.17) is 34.8 Å². The summed E-state index contributed by atoms with van der Waals surface area (Å²) in [5, 5.41) is 11.2. The van der Waals surface area contributed by atoms with Gasteiger partial charge in [-0.3, -0.25) is 0 Å². The first-order chi connectivity index (χ1) is 8.06. The normalized spacial score (nSPS) is 12.7. The molecular weight excluding hydrogens is 299 g/mol. The van der Waals surface area contributed by atoms with E-state index >= 15 is 0 Å². The summed E-state index contributed by atoms with van der Waals surface area (Å²) in [5.41, 5.74) is 0.869. The van der Waals surface area contributed by atoms with Crippen LogP contribution in [-0.2, 0) is 6.42 Å². The Balaban J connectivity index is 2.15. The maximum absolute atomic E-state index is 10.0. The molecule has 0 aliphatic rings. The van der Waals surface area contributed by atoms with Gasteiger partial charge in [0.25, 0.3) is 0 Å². The highest BCUT2D eigenvalue weighted by atomic mass is 35.5. The van der Waals surface area contributed by atoms with Gasteiger partial charge >= 0.3 is 0 Å². The average Bonchev–Trinajstić information content (AvgIpc) is 2.69. The van der Waals surface area contributed by atoms with E-state index in [9.17, 15) is 5.11 Å². The lowest BCUT2D eigenvalue weighted by Crippen LogP contribution is -2.00. The van der Waals surface area contributed by atoms with E-state index in [1.165, 1.54) is 11.3 Å². The number of thiophene rings is 1. The van der Waals surface area contributed by atoms with Crippen LogP contribution in [0.5, 0.6) is 0 Å². The zero-order chi connectivity index (χ0) is 12.4. The first-order valence-corrected chi connectivity index (χ1v) is 6.88. The molecule has 1 nitrogen and oxygen atoms in total. The smallest absolute Gasteiger partial charge is 0.0932 e. The Morgan fingerprint density at radius 2 is 1.88 bits per heavy atom. The van der Waals surface area contributed by atoms with E-state index in [2.05, 4.69) is 0 Å². The highest BCUT2D eigenvalue weighted by molar-refractivity contribution is 7.16. The van der Waals surface area contributed by atoms with Gasteiger partial charge in [-0.1, -0.05) is 40.9 Å². The number of aliphatic hydroxyl groups is 1. The van der Waals surface area contributed by atoms with Gasteiger partial charge in [-0.05, 0) is 29.8 Å². The second-order valence-corrected chi connectivity index (χ2v) is 6.19. The minimum Gasteiger partial charge on any atom is -0.387 e. The number of rotatable bonds is 3. The molecule has 1 N–H and O–H groups in total. The fourth-order valence-corrected chi connectivity index (χ4v) is 3.04. The van der Waals surface area contributed by atoms with Crippen LogP contribution in [0.1, 0.15) is 16.5 Å². The van der Waals surface area contributed by atoms with Crippen molar-refractivity contribution in [2.24, 2.45) is 0 Å². The van der Waals surface area contributed by atoms with Gasteiger partial charge in [0.15, 0.2) is 0 Å². The summed E-state index contributed by atoms with van der Waals surface area (Å²) in [5.74, 6) is 0. The van der Waals surface area contributed by atoms with Crippen LogP contribution in [0.25, 0.3) is 0 Å². The summed E-state index contributed by atoms with van der Waals surface area (Å²) >= 11 is 19.1. The Labute approximate surface area is 119 Å². The van der Waals surface area contributed by atoms with Gasteiger partial charge in [-0.25, -0.2) is 0 Å². The van der Waals surface area contributed by atoms with Crippen LogP contribution in [0.2, 0.25) is 14.4 Å². The molecule has 90 valence electrons. The van der Waals surface area contributed by atoms with E-state index in [0.29, 0.717) is 20.8 Å². The fraction of sp³-hybridized carbons (Fsp3) is 0.167. The van der Waals surface area contributed by atoms with Crippen molar-refractivity contribution in [2.75, 3.05) is 0 Å². The van der Waals surface area contributed by atoms with Gasteiger partial charge in [-0.15, -0.1) is 11.3 Å². The first kappa shape index (κ1) is 13.2. The second kappa shape index (κ2) is 5.59. The predicted octanol–water partition coefficient (Wildman–Crippen LogP) is 4.98. The minimum atomic E-state index is -0.592. The third kappa shape index (κ3) is 3.36. The maximum atomic E-state index is 10.0. The topological polar surface area (TPSA) is 20.2 Å². The molecule has 0 saturated carbocycles. The summed E-state index contributed by atoms with van der Waals surface area (Å²) < 4.78 is 0.668. The van der Waals surface area contributed by atoms with Gasteiger partial charge in [-0.2, -0.15) is 0 Å². The van der Waals surface area contributed by atoms with Crippen molar-refractivity contribution in [3.05, 3.63) is 55.2 Å². The Hall–Kier alpha value is -0.250. The van der Waals surface area contributed by atoms with E-state index in [1.54, 1.807) is 18.2 Å². The van der Waals surface area contributed by atoms with Crippen molar-refractivity contribution in [1.29, 1.82) is 0 Å². The van der Waals surface area contributed by atoms with Crippen molar-refractivity contribution >= 4 is 46.1 Å². The Bertz CT molecular complexity index is 524. The fourth-order valence-electron chi connectivity index (χ4n) is 1.50. The molecule has 1 aromatic heterocycles. The van der Waals surface area contributed by atoms with Gasteiger partial charge in [0.2, 0.25) is 0 Å². The van der Waals surface area contributed by atoms with Crippen molar-refractivity contribution in [3.63, 3.8) is 0 Å². The monoisotopic (exact) mass is 306 g/mol. The summed E-state index contributed by atoms with van der Waals surface area (Å²) in [6, 6.07) is 8.85. The minimum absolute atomic E-state index is 0.451. The Morgan fingerprint density at radius 3 is 2.47 bits per heavy atom. The van der Waals surface area contributed by atoms with Crippen LogP contribution in [0.4, 0.5) is 0 Å². The maximum Gasteiger partial charge on any atom is 0.0932 e. The Morgan fingerprint density at radius 1 is 1.12 bits per heavy atom. The molecule has 17 heavy (non-hydrogen) atoms. The molecule has 1 aromatic carbocycles. The van der Waals surface area contributed by atoms with E-state index in [0.717, 1.165) is 10.4 Å². The molecule has 1 heterocycles. The largest absolute Gasteiger partial charge is 0.387 e. The Kier molecular flexibility index (Phi) is 4.34. The molecule has 0 fully saturated rings. The van der Waals surface area contributed by atoms with Crippen LogP contribution >= 0.6 is 46.1 Å². The van der Waals surface area contributed by atoms with Crippen molar-refractivity contribution in [3.8, 4) is 0 Å². The molecule has 0 spiro atoms. The number of hydrogen-bond donors (Lipinski definition) is 1. The lowest BCUT2D eigenvalue weighted by molar-refractivity contribution is 0.182. The van der Waals surface area contributed by atoms with Gasteiger partial charge in [0.1, 0.15) is 0 Å². The SMILES string of the molecule is OC(Cc1ccc(Cl)cc1Cl)c1ccc(Cl)s1. The van der Waals surface area contributed by atoms with Gasteiger partial charge in [0.05, 0.1) is 10.4 Å². The third-order valence-electron chi connectivity index (χ3n) is 2.35. The number of aliphatic hydroxyl groups excluding tert-OH is 1. The molecule has 2 rings (SSSR count). The summed E-state index contributed by atoms with van der Waals surface area (Å²) in [6.45, 7) is 0.